The van der Waals surface area contributed by atoms with E-state index in [2.05, 4.69) is 0 Å². The van der Waals surface area contributed by atoms with Crippen LogP contribution in [0, 0.1) is 11.3 Å². The fourth-order valence-corrected chi connectivity index (χ4v) is 1.55. The monoisotopic (exact) mass is 170 g/mol. The summed E-state index contributed by atoms with van der Waals surface area (Å²) in [6, 6.07) is 1.98. The van der Waals surface area contributed by atoms with Crippen molar-refractivity contribution in [2.24, 2.45) is 0 Å². The highest BCUT2D eigenvalue weighted by atomic mass is 17.0. The molecule has 0 aliphatic carbocycles. The summed E-state index contributed by atoms with van der Waals surface area (Å²) in [6.45, 7) is 2.07. The van der Waals surface area contributed by atoms with Crippen LogP contribution in [0.15, 0.2) is 0 Å². The van der Waals surface area contributed by atoms with E-state index in [0.29, 0.717) is 6.42 Å². The molecule has 0 saturated carbocycles. The summed E-state index contributed by atoms with van der Waals surface area (Å²) in [5, 5.41) is 19.4. The summed E-state index contributed by atoms with van der Waals surface area (Å²) in [4.78, 5) is 10.1. The SMILES string of the molecule is CC12CC(C#N)ON1OCC2O. The molecule has 0 bridgehead atoms. The number of fused-ring (bicyclic) bond motifs is 1. The number of rotatable bonds is 0. The highest BCUT2D eigenvalue weighted by Gasteiger charge is 2.54. The van der Waals surface area contributed by atoms with E-state index in [1.165, 1.54) is 5.23 Å². The van der Waals surface area contributed by atoms with Gasteiger partial charge in [-0.25, -0.2) is 0 Å². The van der Waals surface area contributed by atoms with Crippen LogP contribution in [0.25, 0.3) is 0 Å². The van der Waals surface area contributed by atoms with Gasteiger partial charge in [-0.1, -0.05) is 5.23 Å². The molecule has 1 N–H and O–H groups in total. The van der Waals surface area contributed by atoms with Crippen LogP contribution in [-0.4, -0.2) is 34.7 Å². The number of nitrogens with zero attached hydrogens (tertiary/aromatic N) is 2. The normalized spacial score (nSPS) is 47.4. The van der Waals surface area contributed by atoms with Crippen LogP contribution in [-0.2, 0) is 9.68 Å². The van der Waals surface area contributed by atoms with Gasteiger partial charge in [0.1, 0.15) is 11.6 Å². The summed E-state index contributed by atoms with van der Waals surface area (Å²) in [6.07, 6.45) is -0.578. The molecule has 5 nitrogen and oxygen atoms in total. The maximum atomic E-state index is 9.52. The molecule has 2 rings (SSSR count). The van der Waals surface area contributed by atoms with E-state index >= 15 is 0 Å². The second-order valence-electron chi connectivity index (χ2n) is 3.35. The van der Waals surface area contributed by atoms with Gasteiger partial charge in [-0.3, -0.25) is 9.68 Å². The number of nitriles is 1. The molecular weight excluding hydrogens is 160 g/mol. The molecule has 12 heavy (non-hydrogen) atoms. The summed E-state index contributed by atoms with van der Waals surface area (Å²) in [5.74, 6) is 0. The van der Waals surface area contributed by atoms with E-state index in [4.69, 9.17) is 14.9 Å². The lowest BCUT2D eigenvalue weighted by molar-refractivity contribution is -0.351. The minimum Gasteiger partial charge on any atom is -0.389 e. The average Bonchev–Trinajstić information content (AvgIpc) is 2.50. The van der Waals surface area contributed by atoms with E-state index in [9.17, 15) is 5.11 Å². The third kappa shape index (κ3) is 0.867. The Balaban J connectivity index is 2.19. The van der Waals surface area contributed by atoms with Crippen molar-refractivity contribution in [3.8, 4) is 6.07 Å². The highest BCUT2D eigenvalue weighted by Crippen LogP contribution is 2.38. The average molecular weight is 170 g/mol. The Morgan fingerprint density at radius 2 is 2.50 bits per heavy atom. The summed E-state index contributed by atoms with van der Waals surface area (Å²) >= 11 is 0. The molecule has 5 heteroatoms. The number of hydrogen-bond acceptors (Lipinski definition) is 5. The lowest BCUT2D eigenvalue weighted by atomic mass is 9.92. The van der Waals surface area contributed by atoms with Gasteiger partial charge in [0.2, 0.25) is 0 Å². The molecule has 3 unspecified atom stereocenters. The lowest BCUT2D eigenvalue weighted by Crippen LogP contribution is -2.42. The van der Waals surface area contributed by atoms with Crippen LogP contribution in [0.2, 0.25) is 0 Å². The maximum absolute atomic E-state index is 9.52. The molecule has 66 valence electrons. The molecule has 2 aliphatic heterocycles. The standard InChI is InChI=1S/C7H10N2O3/c1-7-2-5(3-8)12-9(7)11-4-6(7)10/h5-6,10H,2,4H2,1H3. The third-order valence-corrected chi connectivity index (χ3v) is 2.45. The summed E-state index contributed by atoms with van der Waals surface area (Å²) in [7, 11) is 0. The molecule has 3 atom stereocenters. The zero-order valence-electron chi connectivity index (χ0n) is 6.73. The number of aliphatic hydroxyl groups excluding tert-OH is 1. The lowest BCUT2D eigenvalue weighted by Gasteiger charge is -2.23. The van der Waals surface area contributed by atoms with Crippen molar-refractivity contribution >= 4 is 0 Å². The van der Waals surface area contributed by atoms with Crippen molar-refractivity contribution in [1.82, 2.24) is 5.23 Å². The molecule has 0 aromatic heterocycles. The maximum Gasteiger partial charge on any atom is 0.170 e. The number of hydrogen-bond donors (Lipinski definition) is 1. The summed E-state index contributed by atoms with van der Waals surface area (Å²) in [5.41, 5.74) is -0.541. The quantitative estimate of drug-likeness (QED) is 0.535. The molecule has 0 radical (unpaired) electrons. The molecule has 2 fully saturated rings. The van der Waals surface area contributed by atoms with Crippen LogP contribution in [0.1, 0.15) is 13.3 Å². The van der Waals surface area contributed by atoms with Crippen LogP contribution < -0.4 is 0 Å². The topological polar surface area (TPSA) is 65.7 Å². The van der Waals surface area contributed by atoms with Crippen LogP contribution in [0.3, 0.4) is 0 Å². The first-order valence-electron chi connectivity index (χ1n) is 3.84. The minimum atomic E-state index is -0.573. The molecule has 2 aliphatic rings. The number of hydroxylamine groups is 2. The van der Waals surface area contributed by atoms with Gasteiger partial charge in [-0.05, 0) is 6.92 Å². The Kier molecular flexibility index (Phi) is 1.59. The van der Waals surface area contributed by atoms with Crippen molar-refractivity contribution in [3.05, 3.63) is 0 Å². The fraction of sp³-hybridized carbons (Fsp3) is 0.857. The van der Waals surface area contributed by atoms with Crippen LogP contribution in [0.5, 0.6) is 0 Å². The van der Waals surface area contributed by atoms with E-state index in [0.717, 1.165) is 0 Å². The third-order valence-electron chi connectivity index (χ3n) is 2.45. The van der Waals surface area contributed by atoms with Gasteiger partial charge >= 0.3 is 0 Å². The van der Waals surface area contributed by atoms with Crippen molar-refractivity contribution < 1.29 is 14.8 Å². The molecule has 0 aromatic carbocycles. The molecule has 0 spiro atoms. The van der Waals surface area contributed by atoms with E-state index in [-0.39, 0.29) is 6.61 Å². The first-order valence-corrected chi connectivity index (χ1v) is 3.84. The second-order valence-corrected chi connectivity index (χ2v) is 3.35. The van der Waals surface area contributed by atoms with Gasteiger partial charge < -0.3 is 5.11 Å². The van der Waals surface area contributed by atoms with Crippen molar-refractivity contribution in [2.45, 2.75) is 31.1 Å². The van der Waals surface area contributed by atoms with Gasteiger partial charge in [-0.2, -0.15) is 5.26 Å². The van der Waals surface area contributed by atoms with Crippen molar-refractivity contribution in [2.75, 3.05) is 6.61 Å². The predicted molar refractivity (Wildman–Crippen MR) is 37.3 cm³/mol. The van der Waals surface area contributed by atoms with E-state index < -0.39 is 17.7 Å². The first-order chi connectivity index (χ1) is 5.66. The molecular formula is C7H10N2O3. The second kappa shape index (κ2) is 2.41. The Hall–Kier alpha value is -0.670. The van der Waals surface area contributed by atoms with Crippen LogP contribution >= 0.6 is 0 Å². The largest absolute Gasteiger partial charge is 0.389 e. The Labute approximate surface area is 70.0 Å². The van der Waals surface area contributed by atoms with Crippen molar-refractivity contribution in [1.29, 1.82) is 5.26 Å². The van der Waals surface area contributed by atoms with E-state index in [1.54, 1.807) is 0 Å². The summed E-state index contributed by atoms with van der Waals surface area (Å²) < 4.78 is 0. The predicted octanol–water partition coefficient (Wildman–Crippen LogP) is -0.419. The van der Waals surface area contributed by atoms with Gasteiger partial charge in [0, 0.05) is 6.42 Å². The smallest absolute Gasteiger partial charge is 0.170 e. The van der Waals surface area contributed by atoms with Gasteiger partial charge in [0.15, 0.2) is 6.10 Å². The Morgan fingerprint density at radius 3 is 3.08 bits per heavy atom. The fourth-order valence-electron chi connectivity index (χ4n) is 1.55. The van der Waals surface area contributed by atoms with Gasteiger partial charge in [0.25, 0.3) is 0 Å². The Bertz CT molecular complexity index is 239. The zero-order chi connectivity index (χ0) is 8.77. The molecule has 0 amide bonds. The molecule has 2 heterocycles. The highest BCUT2D eigenvalue weighted by molar-refractivity contribution is 5.02. The van der Waals surface area contributed by atoms with Gasteiger partial charge in [0.05, 0.1) is 12.7 Å². The Morgan fingerprint density at radius 1 is 1.75 bits per heavy atom. The van der Waals surface area contributed by atoms with Crippen LogP contribution in [0.4, 0.5) is 0 Å². The number of aliphatic hydroxyl groups is 1. The first kappa shape index (κ1) is 7.95. The molecule has 0 aromatic rings. The zero-order valence-corrected chi connectivity index (χ0v) is 6.73. The minimum absolute atomic E-state index is 0.245. The molecule has 2 saturated heterocycles. The van der Waals surface area contributed by atoms with E-state index in [1.807, 2.05) is 13.0 Å². The van der Waals surface area contributed by atoms with Gasteiger partial charge in [-0.15, -0.1) is 0 Å². The van der Waals surface area contributed by atoms with Crippen molar-refractivity contribution in [3.63, 3.8) is 0 Å².